The van der Waals surface area contributed by atoms with Crippen LogP contribution in [0.1, 0.15) is 6.92 Å². The fourth-order valence-corrected chi connectivity index (χ4v) is 1.99. The summed E-state index contributed by atoms with van der Waals surface area (Å²) in [6.07, 6.45) is 0. The van der Waals surface area contributed by atoms with Crippen molar-refractivity contribution >= 4 is 23.1 Å². The molecule has 0 saturated carbocycles. The van der Waals surface area contributed by atoms with E-state index < -0.39 is 0 Å². The Hall–Kier alpha value is -1.00. The van der Waals surface area contributed by atoms with Crippen LogP contribution in [0, 0.1) is 0 Å². The summed E-state index contributed by atoms with van der Waals surface area (Å²) in [6, 6.07) is 4.02. The molecule has 2 N–H and O–H groups in total. The molecule has 2 heterocycles. The smallest absolute Gasteiger partial charge is 0.133 e. The van der Waals surface area contributed by atoms with Gasteiger partial charge in [0.2, 0.25) is 0 Å². The Morgan fingerprint density at radius 2 is 2.40 bits per heavy atom. The number of halogens is 1. The predicted octanol–water partition coefficient (Wildman–Crippen LogP) is 1.54. The van der Waals surface area contributed by atoms with Gasteiger partial charge in [0.25, 0.3) is 0 Å². The Kier molecular flexibility index (Phi) is 2.98. The molecule has 1 atom stereocenters. The van der Waals surface area contributed by atoms with E-state index in [1.54, 1.807) is 0 Å². The fourth-order valence-electron chi connectivity index (χ4n) is 1.78. The molecule has 4 nitrogen and oxygen atoms in total. The quantitative estimate of drug-likeness (QED) is 0.740. The highest BCUT2D eigenvalue weighted by Crippen LogP contribution is 2.24. The van der Waals surface area contributed by atoms with Gasteiger partial charge in [-0.25, -0.2) is 4.98 Å². The van der Waals surface area contributed by atoms with Crippen molar-refractivity contribution in [2.24, 2.45) is 0 Å². The number of nitrogen functional groups attached to an aromatic ring is 1. The van der Waals surface area contributed by atoms with Crippen LogP contribution in [0.2, 0.25) is 5.15 Å². The molecule has 1 fully saturated rings. The molecule has 82 valence electrons. The molecule has 15 heavy (non-hydrogen) atoms. The van der Waals surface area contributed by atoms with Crippen molar-refractivity contribution in [3.8, 4) is 0 Å². The molecule has 1 unspecified atom stereocenters. The third-order valence-electron chi connectivity index (χ3n) is 2.50. The van der Waals surface area contributed by atoms with Crippen LogP contribution in [0.3, 0.4) is 0 Å². The van der Waals surface area contributed by atoms with Crippen molar-refractivity contribution in [3.63, 3.8) is 0 Å². The molecule has 0 spiro atoms. The Morgan fingerprint density at radius 1 is 1.60 bits per heavy atom. The zero-order chi connectivity index (χ0) is 10.8. The topological polar surface area (TPSA) is 51.4 Å². The number of hydrogen-bond acceptors (Lipinski definition) is 4. The lowest BCUT2D eigenvalue weighted by Crippen LogP contribution is -2.43. The lowest BCUT2D eigenvalue weighted by atomic mass is 10.2. The predicted molar refractivity (Wildman–Crippen MR) is 61.3 cm³/mol. The summed E-state index contributed by atoms with van der Waals surface area (Å²) >= 11 is 5.87. The molecule has 1 saturated heterocycles. The van der Waals surface area contributed by atoms with Crippen molar-refractivity contribution in [3.05, 3.63) is 17.3 Å². The minimum Gasteiger partial charge on any atom is -0.384 e. The van der Waals surface area contributed by atoms with Crippen molar-refractivity contribution in [2.75, 3.05) is 30.4 Å². The fraction of sp³-hybridized carbons (Fsp3) is 0.500. The second kappa shape index (κ2) is 4.24. The van der Waals surface area contributed by atoms with E-state index in [0.717, 1.165) is 25.4 Å². The first-order chi connectivity index (χ1) is 7.16. The Morgan fingerprint density at radius 3 is 3.07 bits per heavy atom. The molecule has 2 rings (SSSR count). The summed E-state index contributed by atoms with van der Waals surface area (Å²) in [5, 5.41) is 0.434. The monoisotopic (exact) mass is 227 g/mol. The van der Waals surface area contributed by atoms with Gasteiger partial charge in [0.05, 0.1) is 13.2 Å². The van der Waals surface area contributed by atoms with Gasteiger partial charge in [0.15, 0.2) is 0 Å². The van der Waals surface area contributed by atoms with Gasteiger partial charge in [-0.2, -0.15) is 0 Å². The number of rotatable bonds is 1. The summed E-state index contributed by atoms with van der Waals surface area (Å²) in [7, 11) is 0. The van der Waals surface area contributed by atoms with Gasteiger partial charge in [0, 0.05) is 24.3 Å². The minimum absolute atomic E-state index is 0.344. The first-order valence-corrected chi connectivity index (χ1v) is 5.32. The summed E-state index contributed by atoms with van der Waals surface area (Å²) in [4.78, 5) is 6.17. The average molecular weight is 228 g/mol. The number of anilines is 2. The number of nitrogens with two attached hydrogens (primary N) is 1. The molecule has 0 bridgehead atoms. The first kappa shape index (κ1) is 10.5. The normalized spacial score (nSPS) is 21.7. The van der Waals surface area contributed by atoms with Gasteiger partial charge >= 0.3 is 0 Å². The van der Waals surface area contributed by atoms with Gasteiger partial charge in [-0.3, -0.25) is 0 Å². The standard InChI is InChI=1S/C10H14ClN3O/c1-7-6-15-3-2-14(7)8-4-9(11)13-10(12)5-8/h4-5,7H,2-3,6H2,1H3,(H2,12,13). The van der Waals surface area contributed by atoms with E-state index in [-0.39, 0.29) is 0 Å². The summed E-state index contributed by atoms with van der Waals surface area (Å²) in [5.74, 6) is 0.455. The molecule has 1 aliphatic rings. The highest BCUT2D eigenvalue weighted by Gasteiger charge is 2.19. The van der Waals surface area contributed by atoms with Crippen LogP contribution in [-0.2, 0) is 4.74 Å². The van der Waals surface area contributed by atoms with Gasteiger partial charge in [-0.15, -0.1) is 0 Å². The largest absolute Gasteiger partial charge is 0.384 e. The molecule has 1 aliphatic heterocycles. The average Bonchev–Trinajstić information content (AvgIpc) is 2.16. The zero-order valence-electron chi connectivity index (χ0n) is 8.61. The molecular weight excluding hydrogens is 214 g/mol. The molecule has 0 radical (unpaired) electrons. The van der Waals surface area contributed by atoms with Crippen LogP contribution in [0.5, 0.6) is 0 Å². The van der Waals surface area contributed by atoms with Gasteiger partial charge in [-0.1, -0.05) is 11.6 Å². The molecule has 0 aliphatic carbocycles. The van der Waals surface area contributed by atoms with Gasteiger partial charge in [0.1, 0.15) is 11.0 Å². The van der Waals surface area contributed by atoms with Crippen LogP contribution < -0.4 is 10.6 Å². The van der Waals surface area contributed by atoms with Gasteiger partial charge < -0.3 is 15.4 Å². The molecule has 1 aromatic rings. The third kappa shape index (κ3) is 2.33. The van der Waals surface area contributed by atoms with E-state index >= 15 is 0 Å². The number of hydrogen-bond donors (Lipinski definition) is 1. The number of ether oxygens (including phenoxy) is 1. The van der Waals surface area contributed by atoms with Crippen molar-refractivity contribution in [1.29, 1.82) is 0 Å². The summed E-state index contributed by atoms with van der Waals surface area (Å²) in [6.45, 7) is 4.45. The van der Waals surface area contributed by atoms with E-state index in [9.17, 15) is 0 Å². The number of aromatic nitrogens is 1. The molecule has 5 heteroatoms. The van der Waals surface area contributed by atoms with E-state index in [1.807, 2.05) is 12.1 Å². The van der Waals surface area contributed by atoms with Crippen molar-refractivity contribution in [1.82, 2.24) is 4.98 Å². The van der Waals surface area contributed by atoms with Gasteiger partial charge in [-0.05, 0) is 13.0 Å². The minimum atomic E-state index is 0.344. The second-order valence-corrected chi connectivity index (χ2v) is 4.08. The maximum Gasteiger partial charge on any atom is 0.133 e. The van der Waals surface area contributed by atoms with Crippen molar-refractivity contribution < 1.29 is 4.74 Å². The highest BCUT2D eigenvalue weighted by molar-refractivity contribution is 6.29. The maximum absolute atomic E-state index is 5.87. The molecule has 0 amide bonds. The van der Waals surface area contributed by atoms with Crippen LogP contribution in [0.4, 0.5) is 11.5 Å². The number of morpholine rings is 1. The lowest BCUT2D eigenvalue weighted by Gasteiger charge is -2.35. The zero-order valence-corrected chi connectivity index (χ0v) is 9.37. The highest BCUT2D eigenvalue weighted by atomic mass is 35.5. The Labute approximate surface area is 94.0 Å². The first-order valence-electron chi connectivity index (χ1n) is 4.94. The SMILES string of the molecule is CC1COCCN1c1cc(N)nc(Cl)c1. The summed E-state index contributed by atoms with van der Waals surface area (Å²) in [5.41, 5.74) is 6.68. The van der Waals surface area contributed by atoms with E-state index in [1.165, 1.54) is 0 Å². The van der Waals surface area contributed by atoms with E-state index in [4.69, 9.17) is 22.1 Å². The Balaban J connectivity index is 2.27. The summed E-state index contributed by atoms with van der Waals surface area (Å²) < 4.78 is 5.37. The molecule has 1 aromatic heterocycles. The molecular formula is C10H14ClN3O. The second-order valence-electron chi connectivity index (χ2n) is 3.69. The van der Waals surface area contributed by atoms with Crippen LogP contribution in [0.25, 0.3) is 0 Å². The van der Waals surface area contributed by atoms with E-state index in [2.05, 4.69) is 16.8 Å². The number of nitrogens with zero attached hydrogens (tertiary/aromatic N) is 2. The molecule has 0 aromatic carbocycles. The third-order valence-corrected chi connectivity index (χ3v) is 2.69. The lowest BCUT2D eigenvalue weighted by molar-refractivity contribution is 0.0989. The Bertz CT molecular complexity index is 338. The van der Waals surface area contributed by atoms with E-state index in [0.29, 0.717) is 17.0 Å². The number of pyridine rings is 1. The van der Waals surface area contributed by atoms with Crippen LogP contribution in [0.15, 0.2) is 12.1 Å². The maximum atomic E-state index is 5.87. The van der Waals surface area contributed by atoms with Crippen LogP contribution in [-0.4, -0.2) is 30.8 Å². The van der Waals surface area contributed by atoms with Crippen LogP contribution >= 0.6 is 11.6 Å². The van der Waals surface area contributed by atoms with Crippen molar-refractivity contribution in [2.45, 2.75) is 13.0 Å².